The summed E-state index contributed by atoms with van der Waals surface area (Å²) in [6.07, 6.45) is 5.33. The predicted molar refractivity (Wildman–Crippen MR) is 164 cm³/mol. The van der Waals surface area contributed by atoms with Crippen LogP contribution in [0.25, 0.3) is 10.9 Å². The van der Waals surface area contributed by atoms with Crippen molar-refractivity contribution in [1.29, 1.82) is 0 Å². The number of carbonyl (C=O) groups excluding carboxylic acids is 2. The number of para-hydroxylation sites is 1. The van der Waals surface area contributed by atoms with Crippen molar-refractivity contribution in [1.82, 2.24) is 9.47 Å². The van der Waals surface area contributed by atoms with Gasteiger partial charge in [-0.15, -0.1) is 0 Å². The molecule has 1 fully saturated rings. The van der Waals surface area contributed by atoms with E-state index in [9.17, 15) is 14.4 Å². The molecule has 0 saturated heterocycles. The number of pyridine rings is 1. The Hall–Kier alpha value is -4.01. The number of ether oxygens (including phenoxy) is 4. The first-order valence-electron chi connectivity index (χ1n) is 15.2. The molecule has 43 heavy (non-hydrogen) atoms. The second kappa shape index (κ2) is 13.1. The maximum atomic E-state index is 13.4. The number of aromatic nitrogens is 1. The minimum Gasteiger partial charge on any atom is -0.486 e. The number of methoxy groups -OCH3 is 1. The van der Waals surface area contributed by atoms with E-state index < -0.39 is 11.6 Å². The number of fused-ring (bicyclic) bond motifs is 2. The SMILES string of the molecule is COC(=O)c1cc(=O)n(CCCC2CCC(N(Cc3ccc4c(c3)OCCO4)C(=O)OC(C)(C)C)CC2)c2ccccc12. The lowest BCUT2D eigenvalue weighted by Crippen LogP contribution is -2.44. The molecule has 2 heterocycles. The van der Waals surface area contributed by atoms with Gasteiger partial charge in [0.1, 0.15) is 18.8 Å². The quantitative estimate of drug-likeness (QED) is 0.283. The Morgan fingerprint density at radius 1 is 0.977 bits per heavy atom. The molecule has 2 aromatic carbocycles. The number of benzene rings is 2. The molecular weight excluding hydrogens is 548 g/mol. The highest BCUT2D eigenvalue weighted by Gasteiger charge is 2.32. The third-order valence-electron chi connectivity index (χ3n) is 8.26. The molecule has 0 unspecified atom stereocenters. The number of nitrogens with zero attached hydrogens (tertiary/aromatic N) is 2. The van der Waals surface area contributed by atoms with Crippen LogP contribution in [0.1, 0.15) is 75.2 Å². The number of esters is 1. The van der Waals surface area contributed by atoms with Crippen LogP contribution in [0.2, 0.25) is 0 Å². The number of hydrogen-bond acceptors (Lipinski definition) is 7. The summed E-state index contributed by atoms with van der Waals surface area (Å²) in [6, 6.07) is 14.8. The number of amides is 1. The van der Waals surface area contributed by atoms with E-state index >= 15 is 0 Å². The molecule has 9 nitrogen and oxygen atoms in total. The fraction of sp³-hybridized carbons (Fsp3) is 0.500. The van der Waals surface area contributed by atoms with E-state index in [-0.39, 0.29) is 17.7 Å². The second-order valence-corrected chi connectivity index (χ2v) is 12.5. The van der Waals surface area contributed by atoms with Crippen LogP contribution >= 0.6 is 0 Å². The summed E-state index contributed by atoms with van der Waals surface area (Å²) >= 11 is 0. The fourth-order valence-electron chi connectivity index (χ4n) is 6.17. The van der Waals surface area contributed by atoms with Crippen molar-refractivity contribution in [2.75, 3.05) is 20.3 Å². The van der Waals surface area contributed by atoms with Crippen LogP contribution in [-0.4, -0.2) is 53.5 Å². The molecule has 9 heteroatoms. The van der Waals surface area contributed by atoms with Gasteiger partial charge in [-0.05, 0) is 89.0 Å². The number of aryl methyl sites for hydroxylation is 1. The molecule has 1 saturated carbocycles. The van der Waals surface area contributed by atoms with Crippen molar-refractivity contribution in [3.63, 3.8) is 0 Å². The molecule has 0 atom stereocenters. The van der Waals surface area contributed by atoms with Crippen molar-refractivity contribution in [2.24, 2.45) is 5.92 Å². The number of hydrogen-bond donors (Lipinski definition) is 0. The second-order valence-electron chi connectivity index (χ2n) is 12.5. The summed E-state index contributed by atoms with van der Waals surface area (Å²) in [6.45, 7) is 7.74. The average Bonchev–Trinajstić information content (AvgIpc) is 2.99. The molecule has 0 spiro atoms. The van der Waals surface area contributed by atoms with Crippen molar-refractivity contribution >= 4 is 23.0 Å². The van der Waals surface area contributed by atoms with Gasteiger partial charge in [0.05, 0.1) is 18.2 Å². The Balaban J connectivity index is 1.22. The van der Waals surface area contributed by atoms with Gasteiger partial charge in [-0.2, -0.15) is 0 Å². The topological polar surface area (TPSA) is 96.3 Å². The van der Waals surface area contributed by atoms with E-state index in [1.165, 1.54) is 13.2 Å². The van der Waals surface area contributed by atoms with Crippen molar-refractivity contribution < 1.29 is 28.5 Å². The third kappa shape index (κ3) is 7.32. The average molecular weight is 591 g/mol. The standard InChI is InChI=1S/C34H42N2O7/c1-34(2,3)43-33(39)36(22-24-13-16-29-30(20-24)42-19-18-41-29)25-14-11-23(12-15-25)8-7-17-35-28-10-6-5-9-26(28)27(21-31(35)37)32(38)40-4/h5-6,9-10,13,16,20-21,23,25H,7-8,11-12,14-15,17-19,22H2,1-4H3. The summed E-state index contributed by atoms with van der Waals surface area (Å²) in [5.41, 5.74) is 1.23. The summed E-state index contributed by atoms with van der Waals surface area (Å²) < 4.78 is 23.9. The molecule has 0 radical (unpaired) electrons. The first-order valence-corrected chi connectivity index (χ1v) is 15.2. The van der Waals surface area contributed by atoms with E-state index in [2.05, 4.69) is 0 Å². The lowest BCUT2D eigenvalue weighted by molar-refractivity contribution is 0.00770. The van der Waals surface area contributed by atoms with Crippen LogP contribution in [0.5, 0.6) is 11.5 Å². The number of rotatable bonds is 8. The molecule has 3 aromatic rings. The zero-order valence-electron chi connectivity index (χ0n) is 25.6. The van der Waals surface area contributed by atoms with Crippen LogP contribution in [0, 0.1) is 5.92 Å². The normalized spacial score (nSPS) is 18.2. The van der Waals surface area contributed by atoms with E-state index in [1.807, 2.05) is 68.1 Å². The minimum atomic E-state index is -0.587. The number of carbonyl (C=O) groups is 2. The van der Waals surface area contributed by atoms with Gasteiger partial charge >= 0.3 is 12.1 Å². The Morgan fingerprint density at radius 2 is 1.70 bits per heavy atom. The minimum absolute atomic E-state index is 0.0803. The lowest BCUT2D eigenvalue weighted by atomic mass is 9.82. The van der Waals surface area contributed by atoms with Gasteiger partial charge in [-0.3, -0.25) is 4.79 Å². The van der Waals surface area contributed by atoms with E-state index in [0.717, 1.165) is 60.7 Å². The molecule has 1 aromatic heterocycles. The van der Waals surface area contributed by atoms with Crippen LogP contribution in [-0.2, 0) is 22.6 Å². The Bertz CT molecular complexity index is 1520. The first-order chi connectivity index (χ1) is 20.6. The lowest BCUT2D eigenvalue weighted by Gasteiger charge is -2.38. The third-order valence-corrected chi connectivity index (χ3v) is 8.26. The van der Waals surface area contributed by atoms with Crippen molar-refractivity contribution in [2.45, 2.75) is 84.0 Å². The first kappa shape index (κ1) is 30.4. The summed E-state index contributed by atoms with van der Waals surface area (Å²) in [4.78, 5) is 40.4. The van der Waals surface area contributed by atoms with Gasteiger partial charge in [0.25, 0.3) is 5.56 Å². The van der Waals surface area contributed by atoms with E-state index in [0.29, 0.717) is 43.5 Å². The molecule has 1 amide bonds. The molecule has 1 aliphatic heterocycles. The smallest absolute Gasteiger partial charge is 0.410 e. The van der Waals surface area contributed by atoms with Crippen LogP contribution in [0.15, 0.2) is 53.3 Å². The maximum absolute atomic E-state index is 13.4. The van der Waals surface area contributed by atoms with E-state index in [4.69, 9.17) is 18.9 Å². The van der Waals surface area contributed by atoms with Gasteiger partial charge in [0, 0.05) is 30.6 Å². The van der Waals surface area contributed by atoms with Gasteiger partial charge in [-0.1, -0.05) is 24.3 Å². The van der Waals surface area contributed by atoms with Gasteiger partial charge in [0.15, 0.2) is 11.5 Å². The molecule has 1 aliphatic carbocycles. The highest BCUT2D eigenvalue weighted by atomic mass is 16.6. The van der Waals surface area contributed by atoms with Gasteiger partial charge in [-0.25, -0.2) is 9.59 Å². The molecular formula is C34H42N2O7. The van der Waals surface area contributed by atoms with Crippen molar-refractivity contribution in [3.8, 4) is 11.5 Å². The largest absolute Gasteiger partial charge is 0.486 e. The van der Waals surface area contributed by atoms with Crippen LogP contribution < -0.4 is 15.0 Å². The fourth-order valence-corrected chi connectivity index (χ4v) is 6.17. The molecule has 2 aliphatic rings. The van der Waals surface area contributed by atoms with Crippen molar-refractivity contribution in [3.05, 3.63) is 70.0 Å². The van der Waals surface area contributed by atoms with Crippen LogP contribution in [0.4, 0.5) is 4.79 Å². The molecule has 230 valence electrons. The monoisotopic (exact) mass is 590 g/mol. The van der Waals surface area contributed by atoms with E-state index in [1.54, 1.807) is 4.57 Å². The van der Waals surface area contributed by atoms with Gasteiger partial charge in [0.2, 0.25) is 0 Å². The summed E-state index contributed by atoms with van der Waals surface area (Å²) in [7, 11) is 1.32. The molecule has 0 N–H and O–H groups in total. The zero-order chi connectivity index (χ0) is 30.6. The van der Waals surface area contributed by atoms with Crippen LogP contribution in [0.3, 0.4) is 0 Å². The summed E-state index contributed by atoms with van der Waals surface area (Å²) in [5.74, 6) is 1.45. The Kier molecular flexibility index (Phi) is 9.28. The summed E-state index contributed by atoms with van der Waals surface area (Å²) in [5, 5.41) is 0.717. The van der Waals surface area contributed by atoms with Gasteiger partial charge < -0.3 is 28.4 Å². The molecule has 5 rings (SSSR count). The highest BCUT2D eigenvalue weighted by molar-refractivity contribution is 6.03. The Labute approximate surface area is 252 Å². The maximum Gasteiger partial charge on any atom is 0.410 e. The Morgan fingerprint density at radius 3 is 2.42 bits per heavy atom. The molecule has 0 bridgehead atoms. The highest BCUT2D eigenvalue weighted by Crippen LogP contribution is 2.35. The predicted octanol–water partition coefficient (Wildman–Crippen LogP) is 6.34. The zero-order valence-corrected chi connectivity index (χ0v) is 25.6.